The maximum absolute atomic E-state index is 12.7. The summed E-state index contributed by atoms with van der Waals surface area (Å²) >= 11 is -4.20. The SMILES string of the molecule is CC(=O)OCCCC(F)(F)C(F)(F)S(=O)[O-]. The van der Waals surface area contributed by atoms with Crippen LogP contribution in [0.5, 0.6) is 0 Å². The molecule has 96 valence electrons. The molecule has 0 heterocycles. The largest absolute Gasteiger partial charge is 0.768 e. The quantitative estimate of drug-likeness (QED) is 0.315. The van der Waals surface area contributed by atoms with Gasteiger partial charge in [0.1, 0.15) is 0 Å². The van der Waals surface area contributed by atoms with Crippen LogP contribution in [0.1, 0.15) is 19.8 Å². The van der Waals surface area contributed by atoms with E-state index in [2.05, 4.69) is 4.74 Å². The first-order valence-electron chi connectivity index (χ1n) is 4.09. The molecule has 4 nitrogen and oxygen atoms in total. The maximum atomic E-state index is 12.7. The van der Waals surface area contributed by atoms with Crippen molar-refractivity contribution in [2.24, 2.45) is 0 Å². The summed E-state index contributed by atoms with van der Waals surface area (Å²) in [6.45, 7) is 0.561. The number of carbonyl (C=O) groups excluding carboxylic acids is 1. The third-order valence-corrected chi connectivity index (χ3v) is 2.29. The van der Waals surface area contributed by atoms with Crippen LogP contribution in [0.25, 0.3) is 0 Å². The van der Waals surface area contributed by atoms with Gasteiger partial charge in [0, 0.05) is 24.4 Å². The zero-order chi connectivity index (χ0) is 13.0. The molecule has 0 aromatic heterocycles. The van der Waals surface area contributed by atoms with E-state index in [1.807, 2.05) is 0 Å². The molecule has 0 radical (unpaired) electrons. The van der Waals surface area contributed by atoms with Crippen molar-refractivity contribution in [3.05, 3.63) is 0 Å². The van der Waals surface area contributed by atoms with Crippen molar-refractivity contribution in [1.82, 2.24) is 0 Å². The molecule has 0 aliphatic heterocycles. The highest BCUT2D eigenvalue weighted by Gasteiger charge is 2.56. The molecule has 1 unspecified atom stereocenters. The topological polar surface area (TPSA) is 66.4 Å². The van der Waals surface area contributed by atoms with E-state index in [4.69, 9.17) is 0 Å². The van der Waals surface area contributed by atoms with E-state index in [9.17, 15) is 31.1 Å². The summed E-state index contributed by atoms with van der Waals surface area (Å²) in [5.41, 5.74) is 0. The van der Waals surface area contributed by atoms with Crippen molar-refractivity contribution >= 4 is 17.0 Å². The minimum Gasteiger partial charge on any atom is -0.768 e. The molecule has 0 saturated carbocycles. The highest BCUT2D eigenvalue weighted by Crippen LogP contribution is 2.39. The monoisotopic (exact) mass is 265 g/mol. The summed E-state index contributed by atoms with van der Waals surface area (Å²) in [4.78, 5) is 10.2. The third kappa shape index (κ3) is 4.05. The Hall–Kier alpha value is -0.700. The number of halogens is 4. The zero-order valence-corrected chi connectivity index (χ0v) is 8.99. The first kappa shape index (κ1) is 15.3. The molecule has 16 heavy (non-hydrogen) atoms. The second kappa shape index (κ2) is 5.58. The second-order valence-corrected chi connectivity index (χ2v) is 3.88. The van der Waals surface area contributed by atoms with Gasteiger partial charge in [-0.05, 0) is 6.42 Å². The van der Waals surface area contributed by atoms with Crippen molar-refractivity contribution in [3.8, 4) is 0 Å². The number of esters is 1. The predicted octanol–water partition coefficient (Wildman–Crippen LogP) is 1.44. The lowest BCUT2D eigenvalue weighted by Gasteiger charge is -2.27. The van der Waals surface area contributed by atoms with Gasteiger partial charge in [0.15, 0.2) is 0 Å². The fourth-order valence-corrected chi connectivity index (χ4v) is 1.12. The smallest absolute Gasteiger partial charge is 0.371 e. The predicted molar refractivity (Wildman–Crippen MR) is 44.7 cm³/mol. The number of alkyl halides is 4. The fraction of sp³-hybridized carbons (Fsp3) is 0.857. The molecule has 0 aromatic carbocycles. The summed E-state index contributed by atoms with van der Waals surface area (Å²) in [6, 6.07) is 0. The van der Waals surface area contributed by atoms with Crippen LogP contribution in [0.3, 0.4) is 0 Å². The first-order chi connectivity index (χ1) is 7.11. The Morgan fingerprint density at radius 3 is 2.25 bits per heavy atom. The Kier molecular flexibility index (Phi) is 5.33. The van der Waals surface area contributed by atoms with Gasteiger partial charge in [0.05, 0.1) is 6.61 Å². The lowest BCUT2D eigenvalue weighted by molar-refractivity contribution is -0.164. The van der Waals surface area contributed by atoms with Gasteiger partial charge in [-0.25, -0.2) is 0 Å². The fourth-order valence-electron chi connectivity index (χ4n) is 0.778. The molecule has 9 heteroatoms. The summed E-state index contributed by atoms with van der Waals surface area (Å²) in [7, 11) is 0. The van der Waals surface area contributed by atoms with Gasteiger partial charge >= 0.3 is 17.1 Å². The zero-order valence-electron chi connectivity index (χ0n) is 8.17. The van der Waals surface area contributed by atoms with Crippen molar-refractivity contribution in [1.29, 1.82) is 0 Å². The van der Waals surface area contributed by atoms with Crippen LogP contribution >= 0.6 is 0 Å². The Bertz CT molecular complexity index is 282. The summed E-state index contributed by atoms with van der Waals surface area (Å²) in [6.07, 6.45) is -1.94. The van der Waals surface area contributed by atoms with Crippen molar-refractivity contribution < 1.29 is 35.9 Å². The molecule has 0 rings (SSSR count). The molecule has 0 saturated heterocycles. The molecule has 0 aromatic rings. The highest BCUT2D eigenvalue weighted by molar-refractivity contribution is 7.80. The number of hydrogen-bond donors (Lipinski definition) is 0. The molecule has 0 spiro atoms. The van der Waals surface area contributed by atoms with Gasteiger partial charge in [-0.3, -0.25) is 9.00 Å². The van der Waals surface area contributed by atoms with Gasteiger partial charge in [-0.1, -0.05) is 0 Å². The molecule has 0 fully saturated rings. The lowest BCUT2D eigenvalue weighted by Crippen LogP contribution is -2.44. The summed E-state index contributed by atoms with van der Waals surface area (Å²) in [5, 5.41) is -5.12. The van der Waals surface area contributed by atoms with Crippen molar-refractivity contribution in [2.75, 3.05) is 6.61 Å². The van der Waals surface area contributed by atoms with Gasteiger partial charge < -0.3 is 9.29 Å². The molecule has 0 aliphatic rings. The number of rotatable bonds is 6. The lowest BCUT2D eigenvalue weighted by atomic mass is 10.2. The summed E-state index contributed by atoms with van der Waals surface area (Å²) in [5.74, 6) is -5.41. The normalized spacial score (nSPS) is 14.6. The number of hydrogen-bond acceptors (Lipinski definition) is 4. The van der Waals surface area contributed by atoms with Crippen LogP contribution in [0.15, 0.2) is 0 Å². The first-order valence-corrected chi connectivity index (χ1v) is 5.17. The van der Waals surface area contributed by atoms with E-state index >= 15 is 0 Å². The molecular weight excluding hydrogens is 256 g/mol. The average molecular weight is 265 g/mol. The number of carbonyl (C=O) groups is 1. The van der Waals surface area contributed by atoms with E-state index in [0.717, 1.165) is 6.92 Å². The maximum Gasteiger partial charge on any atom is 0.371 e. The average Bonchev–Trinajstić information content (AvgIpc) is 2.11. The molecule has 1 atom stereocenters. The van der Waals surface area contributed by atoms with Crippen LogP contribution in [0.2, 0.25) is 0 Å². The van der Waals surface area contributed by atoms with Gasteiger partial charge in [-0.2, -0.15) is 17.6 Å². The van der Waals surface area contributed by atoms with E-state index < -0.39 is 47.7 Å². The van der Waals surface area contributed by atoms with Gasteiger partial charge in [0.2, 0.25) is 0 Å². The van der Waals surface area contributed by atoms with E-state index in [-0.39, 0.29) is 0 Å². The van der Waals surface area contributed by atoms with E-state index in [1.54, 1.807) is 0 Å². The van der Waals surface area contributed by atoms with Crippen molar-refractivity contribution in [2.45, 2.75) is 30.9 Å². The van der Waals surface area contributed by atoms with Crippen LogP contribution in [0.4, 0.5) is 17.6 Å². The second-order valence-electron chi connectivity index (χ2n) is 2.90. The minimum atomic E-state index is -5.12. The van der Waals surface area contributed by atoms with Crippen LogP contribution < -0.4 is 0 Å². The molecule has 0 amide bonds. The molecule has 0 N–H and O–H groups in total. The van der Waals surface area contributed by atoms with Crippen LogP contribution in [0, 0.1) is 0 Å². The van der Waals surface area contributed by atoms with Gasteiger partial charge in [-0.15, -0.1) is 0 Å². The standard InChI is InChI=1S/C7H10F4O4S/c1-5(12)15-4-2-3-6(8,9)7(10,11)16(13)14/h2-4H2,1H3,(H,13,14)/p-1. The van der Waals surface area contributed by atoms with E-state index in [1.165, 1.54) is 0 Å². The van der Waals surface area contributed by atoms with Crippen LogP contribution in [-0.4, -0.2) is 32.5 Å². The molecular formula is C7H9F4O4S-. The van der Waals surface area contributed by atoms with Crippen molar-refractivity contribution in [3.63, 3.8) is 0 Å². The summed E-state index contributed by atoms with van der Waals surface area (Å²) < 4.78 is 74.3. The van der Waals surface area contributed by atoms with Crippen LogP contribution in [-0.2, 0) is 20.6 Å². The molecule has 0 aliphatic carbocycles. The van der Waals surface area contributed by atoms with Gasteiger partial charge in [0.25, 0.3) is 0 Å². The Morgan fingerprint density at radius 2 is 1.88 bits per heavy atom. The minimum absolute atomic E-state index is 0.466. The Morgan fingerprint density at radius 1 is 1.38 bits per heavy atom. The molecule has 0 bridgehead atoms. The highest BCUT2D eigenvalue weighted by atomic mass is 32.2. The Labute approximate surface area is 91.2 Å². The third-order valence-electron chi connectivity index (χ3n) is 1.58. The number of ether oxygens (including phenoxy) is 1. The van der Waals surface area contributed by atoms with E-state index in [0.29, 0.717) is 0 Å². The Balaban J connectivity index is 4.24.